The molecule has 3 aromatic rings. The number of likely N-dealkylation sites (tertiary alicyclic amines) is 1. The summed E-state index contributed by atoms with van der Waals surface area (Å²) in [6.45, 7) is 3.44. The van der Waals surface area contributed by atoms with Gasteiger partial charge in [-0.05, 0) is 66.5 Å². The highest BCUT2D eigenvalue weighted by Crippen LogP contribution is 2.39. The van der Waals surface area contributed by atoms with Gasteiger partial charge in [0.2, 0.25) is 0 Å². The number of piperidine rings is 1. The Balaban J connectivity index is 1.21. The molecule has 1 unspecified atom stereocenters. The molecular weight excluding hydrogens is 416 g/mol. The lowest BCUT2D eigenvalue weighted by Crippen LogP contribution is -2.42. The Morgan fingerprint density at radius 3 is 2.76 bits per heavy atom. The zero-order valence-electron chi connectivity index (χ0n) is 18.5. The third-order valence-corrected chi connectivity index (χ3v) is 6.01. The van der Waals surface area contributed by atoms with Crippen LogP contribution in [-0.4, -0.2) is 44.2 Å². The average molecular weight is 443 g/mol. The number of hydrogen-bond donors (Lipinski definition) is 1. The van der Waals surface area contributed by atoms with Gasteiger partial charge in [0.05, 0.1) is 0 Å². The number of nitrogens with zero attached hydrogens (tertiary/aromatic N) is 5. The molecule has 1 aliphatic heterocycles. The summed E-state index contributed by atoms with van der Waals surface area (Å²) in [5, 5.41) is 10.5. The minimum atomic E-state index is -0.149. The molecule has 3 heterocycles. The van der Waals surface area contributed by atoms with Gasteiger partial charge in [0.1, 0.15) is 5.75 Å². The van der Waals surface area contributed by atoms with E-state index in [-0.39, 0.29) is 11.9 Å². The highest BCUT2D eigenvalue weighted by molar-refractivity contribution is 5.88. The number of hydrogen-bond acceptors (Lipinski definition) is 6. The van der Waals surface area contributed by atoms with Gasteiger partial charge in [-0.25, -0.2) is 14.8 Å². The summed E-state index contributed by atoms with van der Waals surface area (Å²) in [4.78, 5) is 23.1. The van der Waals surface area contributed by atoms with Crippen molar-refractivity contribution in [2.24, 2.45) is 5.92 Å². The molecule has 2 aromatic heterocycles. The maximum atomic E-state index is 12.6. The molecule has 5 rings (SSSR count). The Morgan fingerprint density at radius 1 is 1.18 bits per heavy atom. The second-order valence-electron chi connectivity index (χ2n) is 8.60. The van der Waals surface area contributed by atoms with Crippen LogP contribution in [0, 0.1) is 5.92 Å². The predicted molar refractivity (Wildman–Crippen MR) is 125 cm³/mol. The van der Waals surface area contributed by atoms with Crippen LogP contribution in [0.25, 0.3) is 6.08 Å². The Hall–Kier alpha value is -3.81. The largest absolute Gasteiger partial charge is 0.424 e. The van der Waals surface area contributed by atoms with E-state index in [4.69, 9.17) is 4.74 Å². The monoisotopic (exact) mass is 442 g/mol. The van der Waals surface area contributed by atoms with Crippen molar-refractivity contribution in [3.63, 3.8) is 0 Å². The number of carbonyl (C=O) groups is 1. The van der Waals surface area contributed by atoms with Crippen LogP contribution in [0.15, 0.2) is 60.6 Å². The quantitative estimate of drug-likeness (QED) is 0.604. The van der Waals surface area contributed by atoms with Crippen LogP contribution in [-0.2, 0) is 0 Å². The maximum absolute atomic E-state index is 12.6. The number of rotatable bonds is 5. The fourth-order valence-corrected chi connectivity index (χ4v) is 4.00. The lowest BCUT2D eigenvalue weighted by Gasteiger charge is -2.33. The molecule has 2 fully saturated rings. The van der Waals surface area contributed by atoms with Crippen LogP contribution in [0.1, 0.15) is 43.2 Å². The van der Waals surface area contributed by atoms with Gasteiger partial charge in [0, 0.05) is 31.7 Å². The second-order valence-corrected chi connectivity index (χ2v) is 8.60. The van der Waals surface area contributed by atoms with Crippen molar-refractivity contribution >= 4 is 17.9 Å². The molecule has 1 N–H and O–H groups in total. The lowest BCUT2D eigenvalue weighted by molar-refractivity contribution is 0.197. The summed E-state index contributed by atoms with van der Waals surface area (Å²) in [5.41, 5.74) is 3.55. The number of benzene rings is 1. The lowest BCUT2D eigenvalue weighted by atomic mass is 9.91. The first kappa shape index (κ1) is 21.1. The fraction of sp³-hybridized carbons (Fsp3) is 0.320. The van der Waals surface area contributed by atoms with Crippen molar-refractivity contribution in [2.75, 3.05) is 18.4 Å². The normalized spacial score (nSPS) is 19.4. The first-order valence-electron chi connectivity index (χ1n) is 11.3. The smallest absolute Gasteiger partial charge is 0.323 e. The zero-order valence-corrected chi connectivity index (χ0v) is 18.5. The van der Waals surface area contributed by atoms with Crippen molar-refractivity contribution < 1.29 is 9.53 Å². The molecule has 8 heteroatoms. The van der Waals surface area contributed by atoms with E-state index in [0.717, 1.165) is 12.0 Å². The van der Waals surface area contributed by atoms with Gasteiger partial charge in [-0.15, -0.1) is 5.10 Å². The number of urea groups is 1. The molecule has 0 radical (unpaired) electrons. The highest BCUT2D eigenvalue weighted by atomic mass is 16.5. The number of amides is 2. The number of aromatic nitrogens is 4. The summed E-state index contributed by atoms with van der Waals surface area (Å²) in [6, 6.07) is 11.6. The molecule has 0 bridgehead atoms. The van der Waals surface area contributed by atoms with Crippen LogP contribution in [0.3, 0.4) is 0 Å². The molecule has 1 saturated carbocycles. The Kier molecular flexibility index (Phi) is 5.97. The molecule has 0 spiro atoms. The van der Waals surface area contributed by atoms with Crippen LogP contribution in [0.4, 0.5) is 10.6 Å². The van der Waals surface area contributed by atoms with Crippen LogP contribution >= 0.6 is 0 Å². The van der Waals surface area contributed by atoms with Crippen molar-refractivity contribution in [3.05, 3.63) is 71.7 Å². The molecule has 1 atom stereocenters. The molecule has 33 heavy (non-hydrogen) atoms. The number of carbonyl (C=O) groups excluding carboxylic acids is 1. The van der Waals surface area contributed by atoms with E-state index in [0.29, 0.717) is 36.6 Å². The third kappa shape index (κ3) is 5.34. The van der Waals surface area contributed by atoms with Gasteiger partial charge in [-0.1, -0.05) is 30.7 Å². The van der Waals surface area contributed by atoms with Crippen molar-refractivity contribution in [1.82, 2.24) is 25.1 Å². The van der Waals surface area contributed by atoms with Crippen molar-refractivity contribution in [2.45, 2.75) is 32.1 Å². The first-order chi connectivity index (χ1) is 16.1. The molecule has 1 aromatic carbocycles. The fourth-order valence-electron chi connectivity index (χ4n) is 4.00. The topological polar surface area (TPSA) is 93.1 Å². The second kappa shape index (κ2) is 9.36. The third-order valence-electron chi connectivity index (χ3n) is 6.01. The summed E-state index contributed by atoms with van der Waals surface area (Å²) in [6.07, 6.45) is 10.8. The van der Waals surface area contributed by atoms with Crippen LogP contribution in [0.5, 0.6) is 11.8 Å². The maximum Gasteiger partial charge on any atom is 0.323 e. The first-order valence-corrected chi connectivity index (χ1v) is 11.3. The van der Waals surface area contributed by atoms with Crippen molar-refractivity contribution in [1.29, 1.82) is 0 Å². The minimum Gasteiger partial charge on any atom is -0.424 e. The summed E-state index contributed by atoms with van der Waals surface area (Å²) < 4.78 is 5.87. The molecule has 8 nitrogen and oxygen atoms in total. The predicted octanol–water partition coefficient (Wildman–Crippen LogP) is 4.89. The average Bonchev–Trinajstić information content (AvgIpc) is 3.67. The van der Waals surface area contributed by atoms with Crippen LogP contribution in [0.2, 0.25) is 0 Å². The Bertz CT molecular complexity index is 1150. The van der Waals surface area contributed by atoms with Crippen LogP contribution < -0.4 is 10.1 Å². The Morgan fingerprint density at radius 2 is 2.03 bits per heavy atom. The molecule has 1 aliphatic carbocycles. The van der Waals surface area contributed by atoms with Gasteiger partial charge in [0.15, 0.2) is 5.82 Å². The molecular formula is C25H26N6O2. The van der Waals surface area contributed by atoms with Gasteiger partial charge < -0.3 is 9.64 Å². The summed E-state index contributed by atoms with van der Waals surface area (Å²) in [7, 11) is 0. The van der Waals surface area contributed by atoms with Gasteiger partial charge in [-0.2, -0.15) is 5.10 Å². The van der Waals surface area contributed by atoms with Gasteiger partial charge in [0.25, 0.3) is 0 Å². The van der Waals surface area contributed by atoms with E-state index in [1.54, 1.807) is 18.3 Å². The standard InChI is InChI=1S/C25H26N6O2/c1-17-16-31(25(32)29-23-6-3-10-28-30-23)11-9-20(17)12-18-4-2-5-22(13-18)33-24-26-14-21(15-27-24)19-7-8-19/h2-6,10,12-15,17,19H,7-9,11,16H2,1H3,(H,29,30,32)/b20-12+. The molecule has 168 valence electrons. The number of ether oxygens (including phenoxy) is 1. The SMILES string of the molecule is CC1CN(C(=O)Nc2cccnn2)CC/C1=C\c1cccc(Oc2ncc(C3CC3)cn2)c1. The van der Waals surface area contributed by atoms with E-state index >= 15 is 0 Å². The van der Waals surface area contributed by atoms with E-state index in [1.165, 1.54) is 24.0 Å². The zero-order chi connectivity index (χ0) is 22.6. The van der Waals surface area contributed by atoms with E-state index < -0.39 is 0 Å². The molecule has 2 amide bonds. The number of anilines is 1. The molecule has 1 saturated heterocycles. The van der Waals surface area contributed by atoms with E-state index in [2.05, 4.69) is 44.5 Å². The number of nitrogens with one attached hydrogen (secondary N) is 1. The summed E-state index contributed by atoms with van der Waals surface area (Å²) in [5.74, 6) is 2.03. The van der Waals surface area contributed by atoms with Gasteiger partial charge in [-0.3, -0.25) is 5.32 Å². The van der Waals surface area contributed by atoms with Crippen molar-refractivity contribution in [3.8, 4) is 11.8 Å². The van der Waals surface area contributed by atoms with Gasteiger partial charge >= 0.3 is 12.0 Å². The summed E-state index contributed by atoms with van der Waals surface area (Å²) >= 11 is 0. The highest BCUT2D eigenvalue weighted by Gasteiger charge is 2.25. The van der Waals surface area contributed by atoms with E-state index in [9.17, 15) is 4.79 Å². The minimum absolute atomic E-state index is 0.149. The Labute approximate surface area is 192 Å². The molecule has 2 aliphatic rings. The van der Waals surface area contributed by atoms with E-state index in [1.807, 2.05) is 35.5 Å².